The third-order valence-corrected chi connectivity index (χ3v) is 5.05. The zero-order valence-electron chi connectivity index (χ0n) is 13.6. The van der Waals surface area contributed by atoms with Crippen LogP contribution in [-0.4, -0.2) is 18.6 Å². The second kappa shape index (κ2) is 7.05. The zero-order valence-corrected chi connectivity index (χ0v) is 14.4. The van der Waals surface area contributed by atoms with Crippen LogP contribution in [0.2, 0.25) is 0 Å². The average Bonchev–Trinajstić information content (AvgIpc) is 2.84. The molecule has 1 N–H and O–H groups in total. The highest BCUT2D eigenvalue weighted by Gasteiger charge is 2.15. The Hall–Kier alpha value is -1.39. The van der Waals surface area contributed by atoms with Crippen molar-refractivity contribution in [3.63, 3.8) is 0 Å². The van der Waals surface area contributed by atoms with Crippen LogP contribution < -0.4 is 10.2 Å². The van der Waals surface area contributed by atoms with Crippen molar-refractivity contribution in [3.05, 3.63) is 46.0 Å². The molecular weight excluding hydrogens is 278 g/mol. The fourth-order valence-electron chi connectivity index (χ4n) is 2.39. The van der Waals surface area contributed by atoms with Gasteiger partial charge in [-0.3, -0.25) is 0 Å². The molecule has 0 aliphatic heterocycles. The number of benzene rings is 1. The summed E-state index contributed by atoms with van der Waals surface area (Å²) in [6.07, 6.45) is 0. The van der Waals surface area contributed by atoms with E-state index in [0.29, 0.717) is 6.04 Å². The number of nitrogens with one attached hydrogen (secondary N) is 1. The van der Waals surface area contributed by atoms with E-state index in [1.807, 2.05) is 0 Å². The van der Waals surface area contributed by atoms with Gasteiger partial charge in [-0.15, -0.1) is 11.3 Å². The Morgan fingerprint density at radius 1 is 1.24 bits per heavy atom. The van der Waals surface area contributed by atoms with Gasteiger partial charge in [0.2, 0.25) is 0 Å². The average molecular weight is 303 g/mol. The first-order valence-corrected chi connectivity index (χ1v) is 8.30. The smallest absolute Gasteiger partial charge is 0.185 e. The lowest BCUT2D eigenvalue weighted by Crippen LogP contribution is -2.17. The molecule has 2 rings (SSSR count). The van der Waals surface area contributed by atoms with Gasteiger partial charge >= 0.3 is 0 Å². The lowest BCUT2D eigenvalue weighted by Gasteiger charge is -2.16. The summed E-state index contributed by atoms with van der Waals surface area (Å²) in [5.74, 6) is 0. The molecule has 4 heteroatoms. The molecule has 2 aromatic rings. The van der Waals surface area contributed by atoms with Crippen molar-refractivity contribution >= 4 is 16.5 Å². The number of anilines is 1. The number of aromatic nitrogens is 1. The van der Waals surface area contributed by atoms with E-state index >= 15 is 0 Å². The predicted octanol–water partition coefficient (Wildman–Crippen LogP) is 4.07. The highest BCUT2D eigenvalue weighted by atomic mass is 32.1. The molecule has 0 saturated carbocycles. The Bertz CT molecular complexity index is 574. The second-order valence-corrected chi connectivity index (χ2v) is 6.58. The first-order valence-electron chi connectivity index (χ1n) is 7.48. The summed E-state index contributed by atoms with van der Waals surface area (Å²) in [6.45, 7) is 10.4. The van der Waals surface area contributed by atoms with E-state index in [-0.39, 0.29) is 0 Å². The van der Waals surface area contributed by atoms with Gasteiger partial charge < -0.3 is 10.2 Å². The molecule has 0 spiro atoms. The summed E-state index contributed by atoms with van der Waals surface area (Å²) in [6, 6.07) is 9.07. The molecule has 1 unspecified atom stereocenters. The molecule has 0 fully saturated rings. The van der Waals surface area contributed by atoms with Crippen LogP contribution in [0, 0.1) is 13.8 Å². The molecule has 3 nitrogen and oxygen atoms in total. The van der Waals surface area contributed by atoms with Crippen molar-refractivity contribution in [3.8, 4) is 0 Å². The lowest BCUT2D eigenvalue weighted by molar-refractivity contribution is 0.603. The van der Waals surface area contributed by atoms with E-state index in [1.54, 1.807) is 11.3 Å². The summed E-state index contributed by atoms with van der Waals surface area (Å²) < 4.78 is 0. The Morgan fingerprint density at radius 2 is 1.90 bits per heavy atom. The largest absolute Gasteiger partial charge is 0.347 e. The van der Waals surface area contributed by atoms with E-state index in [9.17, 15) is 0 Å². The van der Waals surface area contributed by atoms with Gasteiger partial charge in [-0.2, -0.15) is 0 Å². The summed E-state index contributed by atoms with van der Waals surface area (Å²) in [5.41, 5.74) is 3.75. The molecule has 0 saturated heterocycles. The van der Waals surface area contributed by atoms with Crippen LogP contribution in [-0.2, 0) is 6.54 Å². The molecule has 0 radical (unpaired) electrons. The number of thiazole rings is 1. The fourth-order valence-corrected chi connectivity index (χ4v) is 3.45. The minimum Gasteiger partial charge on any atom is -0.347 e. The van der Waals surface area contributed by atoms with Crippen LogP contribution in [0.15, 0.2) is 24.3 Å². The van der Waals surface area contributed by atoms with Gasteiger partial charge in [-0.05, 0) is 32.9 Å². The summed E-state index contributed by atoms with van der Waals surface area (Å²) in [5, 5.41) is 4.55. The molecule has 1 aromatic heterocycles. The molecule has 1 aromatic carbocycles. The minimum absolute atomic E-state index is 0.369. The Labute approximate surface area is 132 Å². The van der Waals surface area contributed by atoms with E-state index in [0.717, 1.165) is 23.9 Å². The van der Waals surface area contributed by atoms with Gasteiger partial charge in [0.1, 0.15) is 0 Å². The Balaban J connectivity index is 2.10. The minimum atomic E-state index is 0.369. The van der Waals surface area contributed by atoms with Gasteiger partial charge in [0.05, 0.1) is 5.69 Å². The van der Waals surface area contributed by atoms with Crippen LogP contribution in [0.3, 0.4) is 0 Å². The first kappa shape index (κ1) is 16.0. The molecular formula is C17H25N3S. The number of hydrogen-bond acceptors (Lipinski definition) is 4. The van der Waals surface area contributed by atoms with E-state index in [2.05, 4.69) is 69.2 Å². The fraction of sp³-hybridized carbons (Fsp3) is 0.471. The van der Waals surface area contributed by atoms with Gasteiger partial charge in [-0.1, -0.05) is 36.8 Å². The molecule has 0 aliphatic rings. The standard InChI is InChI=1S/C17H25N3S/c1-6-18-13(3)16-14(4)19-17(21-16)20(5)11-15-9-7-12(2)8-10-15/h7-10,13,18H,6,11H2,1-5H3. The van der Waals surface area contributed by atoms with Crippen LogP contribution in [0.25, 0.3) is 0 Å². The molecule has 1 atom stereocenters. The Kier molecular flexibility index (Phi) is 5.37. The van der Waals surface area contributed by atoms with Crippen molar-refractivity contribution in [1.29, 1.82) is 0 Å². The summed E-state index contributed by atoms with van der Waals surface area (Å²) >= 11 is 1.79. The van der Waals surface area contributed by atoms with E-state index < -0.39 is 0 Å². The monoisotopic (exact) mass is 303 g/mol. The first-order chi connectivity index (χ1) is 10.0. The predicted molar refractivity (Wildman–Crippen MR) is 92.2 cm³/mol. The summed E-state index contributed by atoms with van der Waals surface area (Å²) in [4.78, 5) is 8.29. The van der Waals surface area contributed by atoms with Gasteiger partial charge in [0, 0.05) is 24.5 Å². The topological polar surface area (TPSA) is 28.2 Å². The highest BCUT2D eigenvalue weighted by Crippen LogP contribution is 2.30. The van der Waals surface area contributed by atoms with Gasteiger partial charge in [-0.25, -0.2) is 4.98 Å². The van der Waals surface area contributed by atoms with Crippen molar-refractivity contribution in [1.82, 2.24) is 10.3 Å². The van der Waals surface area contributed by atoms with E-state index in [1.165, 1.54) is 16.0 Å². The van der Waals surface area contributed by atoms with Crippen LogP contribution >= 0.6 is 11.3 Å². The lowest BCUT2D eigenvalue weighted by atomic mass is 10.1. The molecule has 1 heterocycles. The number of aryl methyl sites for hydroxylation is 2. The highest BCUT2D eigenvalue weighted by molar-refractivity contribution is 7.15. The maximum atomic E-state index is 4.73. The van der Waals surface area contributed by atoms with Crippen molar-refractivity contribution in [2.45, 2.75) is 40.3 Å². The quantitative estimate of drug-likeness (QED) is 0.872. The third kappa shape index (κ3) is 4.05. The third-order valence-electron chi connectivity index (χ3n) is 3.59. The van der Waals surface area contributed by atoms with Crippen molar-refractivity contribution in [2.75, 3.05) is 18.5 Å². The van der Waals surface area contributed by atoms with Crippen molar-refractivity contribution in [2.24, 2.45) is 0 Å². The second-order valence-electron chi connectivity index (χ2n) is 5.57. The van der Waals surface area contributed by atoms with Crippen LogP contribution in [0.4, 0.5) is 5.13 Å². The molecule has 114 valence electrons. The van der Waals surface area contributed by atoms with Crippen molar-refractivity contribution < 1.29 is 0 Å². The maximum Gasteiger partial charge on any atom is 0.185 e. The van der Waals surface area contributed by atoms with Crippen LogP contribution in [0.5, 0.6) is 0 Å². The van der Waals surface area contributed by atoms with Gasteiger partial charge in [0.25, 0.3) is 0 Å². The summed E-state index contributed by atoms with van der Waals surface area (Å²) in [7, 11) is 2.11. The Morgan fingerprint density at radius 3 is 2.52 bits per heavy atom. The zero-order chi connectivity index (χ0) is 15.4. The van der Waals surface area contributed by atoms with Crippen LogP contribution in [0.1, 0.15) is 41.6 Å². The molecule has 0 amide bonds. The number of rotatable bonds is 6. The molecule has 0 aliphatic carbocycles. The van der Waals surface area contributed by atoms with Gasteiger partial charge in [0.15, 0.2) is 5.13 Å². The normalized spacial score (nSPS) is 12.4. The SMILES string of the molecule is CCNC(C)c1sc(N(C)Cc2ccc(C)cc2)nc1C. The van der Waals surface area contributed by atoms with E-state index in [4.69, 9.17) is 4.98 Å². The molecule has 21 heavy (non-hydrogen) atoms. The maximum absolute atomic E-state index is 4.73. The number of hydrogen-bond donors (Lipinski definition) is 1. The number of nitrogens with zero attached hydrogens (tertiary/aromatic N) is 2. The molecule has 0 bridgehead atoms.